The average Bonchev–Trinajstić information content (AvgIpc) is 2.28. The van der Waals surface area contributed by atoms with Crippen LogP contribution in [0.1, 0.15) is 10.6 Å². The predicted octanol–water partition coefficient (Wildman–Crippen LogP) is 0.255. The molecule has 0 aliphatic rings. The summed E-state index contributed by atoms with van der Waals surface area (Å²) in [5, 5.41) is 3.69. The fourth-order valence-corrected chi connectivity index (χ4v) is 0.816. The van der Waals surface area contributed by atoms with Crippen molar-refractivity contribution in [2.75, 3.05) is 7.11 Å². The number of ether oxygens (including phenoxy) is 1. The van der Waals surface area contributed by atoms with E-state index in [0.717, 1.165) is 0 Å². The van der Waals surface area contributed by atoms with Gasteiger partial charge in [-0.25, -0.2) is 9.48 Å². The molecular formula is C5H6ClN3O2. The van der Waals surface area contributed by atoms with E-state index in [-0.39, 0.29) is 11.1 Å². The van der Waals surface area contributed by atoms with Gasteiger partial charge in [-0.3, -0.25) is 0 Å². The van der Waals surface area contributed by atoms with E-state index < -0.39 is 5.97 Å². The van der Waals surface area contributed by atoms with Gasteiger partial charge in [-0.1, -0.05) is 0 Å². The molecule has 0 aromatic carbocycles. The van der Waals surface area contributed by atoms with Crippen LogP contribution in [0.25, 0.3) is 0 Å². The fraction of sp³-hybridized carbons (Fsp3) is 0.400. The Balaban J connectivity index is 3.03. The monoisotopic (exact) mass is 175 g/mol. The summed E-state index contributed by atoms with van der Waals surface area (Å²) in [6, 6.07) is 0. The Morgan fingerprint density at radius 2 is 2.36 bits per heavy atom. The summed E-state index contributed by atoms with van der Waals surface area (Å²) in [6.07, 6.45) is 0. The van der Waals surface area contributed by atoms with Crippen molar-refractivity contribution < 1.29 is 9.53 Å². The van der Waals surface area contributed by atoms with Gasteiger partial charge in [0.05, 0.1) is 7.11 Å². The van der Waals surface area contributed by atoms with Crippen LogP contribution >= 0.6 is 11.6 Å². The highest BCUT2D eigenvalue weighted by Crippen LogP contribution is 2.02. The topological polar surface area (TPSA) is 57.0 Å². The molecule has 0 aliphatic carbocycles. The van der Waals surface area contributed by atoms with E-state index in [2.05, 4.69) is 14.8 Å². The molecule has 0 radical (unpaired) electrons. The van der Waals surface area contributed by atoms with Crippen molar-refractivity contribution in [1.29, 1.82) is 0 Å². The van der Waals surface area contributed by atoms with E-state index in [1.54, 1.807) is 7.05 Å². The second-order valence-corrected chi connectivity index (χ2v) is 2.16. The van der Waals surface area contributed by atoms with Gasteiger partial charge in [0.25, 0.3) is 0 Å². The molecule has 0 bridgehead atoms. The lowest BCUT2D eigenvalue weighted by molar-refractivity contribution is 0.0581. The minimum Gasteiger partial charge on any atom is -0.463 e. The molecule has 60 valence electrons. The Hall–Kier alpha value is -1.10. The van der Waals surface area contributed by atoms with Crippen molar-refractivity contribution in [3.05, 3.63) is 11.1 Å². The Morgan fingerprint density at radius 1 is 1.73 bits per heavy atom. The van der Waals surface area contributed by atoms with Gasteiger partial charge in [0.2, 0.25) is 11.1 Å². The van der Waals surface area contributed by atoms with Crippen LogP contribution in [0.15, 0.2) is 0 Å². The van der Waals surface area contributed by atoms with Crippen molar-refractivity contribution >= 4 is 17.6 Å². The molecule has 1 heterocycles. The van der Waals surface area contributed by atoms with Gasteiger partial charge in [0.1, 0.15) is 0 Å². The molecule has 0 fully saturated rings. The lowest BCUT2D eigenvalue weighted by Gasteiger charge is -1.94. The number of hydrogen-bond acceptors (Lipinski definition) is 4. The molecule has 0 spiro atoms. The lowest BCUT2D eigenvalue weighted by Crippen LogP contribution is -2.09. The maximum absolute atomic E-state index is 10.8. The van der Waals surface area contributed by atoms with Gasteiger partial charge in [-0.15, -0.1) is 5.10 Å². The van der Waals surface area contributed by atoms with Gasteiger partial charge in [-0.05, 0) is 11.6 Å². The molecule has 1 aromatic rings. The molecule has 0 N–H and O–H groups in total. The molecule has 0 unspecified atom stereocenters. The SMILES string of the molecule is COC(=O)c1nc(Cl)nn1C. The van der Waals surface area contributed by atoms with Crippen LogP contribution in [0, 0.1) is 0 Å². The number of nitrogens with zero attached hydrogens (tertiary/aromatic N) is 3. The first-order valence-electron chi connectivity index (χ1n) is 2.80. The maximum Gasteiger partial charge on any atom is 0.375 e. The molecule has 5 nitrogen and oxygen atoms in total. The zero-order valence-corrected chi connectivity index (χ0v) is 6.79. The molecule has 0 saturated heterocycles. The van der Waals surface area contributed by atoms with Gasteiger partial charge >= 0.3 is 5.97 Å². The lowest BCUT2D eigenvalue weighted by atomic mass is 10.6. The van der Waals surface area contributed by atoms with Crippen LogP contribution in [0.3, 0.4) is 0 Å². The largest absolute Gasteiger partial charge is 0.463 e. The maximum atomic E-state index is 10.8. The van der Waals surface area contributed by atoms with E-state index >= 15 is 0 Å². The molecule has 1 aromatic heterocycles. The normalized spacial score (nSPS) is 9.73. The van der Waals surface area contributed by atoms with Crippen LogP contribution in [0.2, 0.25) is 5.28 Å². The number of methoxy groups -OCH3 is 1. The van der Waals surface area contributed by atoms with Crippen molar-refractivity contribution in [2.45, 2.75) is 0 Å². The van der Waals surface area contributed by atoms with Crippen LogP contribution in [-0.4, -0.2) is 27.8 Å². The zero-order valence-electron chi connectivity index (χ0n) is 6.04. The summed E-state index contributed by atoms with van der Waals surface area (Å²) in [5.74, 6) is -0.454. The highest BCUT2D eigenvalue weighted by Gasteiger charge is 2.13. The number of halogens is 1. The quantitative estimate of drug-likeness (QED) is 0.575. The molecule has 0 saturated carbocycles. The molecule has 1 rings (SSSR count). The minimum atomic E-state index is -0.549. The molecule has 0 atom stereocenters. The summed E-state index contributed by atoms with van der Waals surface area (Å²) >= 11 is 5.42. The van der Waals surface area contributed by atoms with E-state index in [0.29, 0.717) is 0 Å². The van der Waals surface area contributed by atoms with Crippen molar-refractivity contribution in [1.82, 2.24) is 14.8 Å². The van der Waals surface area contributed by atoms with Gasteiger partial charge in [0, 0.05) is 7.05 Å². The summed E-state index contributed by atoms with van der Waals surface area (Å²) in [6.45, 7) is 0. The van der Waals surface area contributed by atoms with Crippen LogP contribution in [-0.2, 0) is 11.8 Å². The van der Waals surface area contributed by atoms with Crippen molar-refractivity contribution in [3.63, 3.8) is 0 Å². The summed E-state index contributed by atoms with van der Waals surface area (Å²) in [5.41, 5.74) is 0. The molecule has 0 aliphatic heterocycles. The fourth-order valence-electron chi connectivity index (χ4n) is 0.622. The van der Waals surface area contributed by atoms with E-state index in [1.807, 2.05) is 0 Å². The highest BCUT2D eigenvalue weighted by molar-refractivity contribution is 6.28. The molecule has 11 heavy (non-hydrogen) atoms. The third kappa shape index (κ3) is 1.48. The first kappa shape index (κ1) is 8.00. The van der Waals surface area contributed by atoms with Gasteiger partial charge in [-0.2, -0.15) is 4.98 Å². The zero-order chi connectivity index (χ0) is 8.43. The molecule has 0 amide bonds. The van der Waals surface area contributed by atoms with E-state index in [9.17, 15) is 4.79 Å². The number of esters is 1. The second-order valence-electron chi connectivity index (χ2n) is 1.82. The standard InChI is InChI=1S/C5H6ClN3O2/c1-9-3(4(10)11-2)7-5(6)8-9/h1-2H3. The minimum absolute atomic E-state index is 0.0351. The van der Waals surface area contributed by atoms with E-state index in [4.69, 9.17) is 11.6 Å². The first-order valence-corrected chi connectivity index (χ1v) is 3.18. The second kappa shape index (κ2) is 2.87. The highest BCUT2D eigenvalue weighted by atomic mass is 35.5. The number of carbonyl (C=O) groups is 1. The van der Waals surface area contributed by atoms with Gasteiger partial charge < -0.3 is 4.74 Å². The smallest absolute Gasteiger partial charge is 0.375 e. The summed E-state index contributed by atoms with van der Waals surface area (Å²) in [4.78, 5) is 14.5. The Labute approximate surface area is 67.9 Å². The molecule has 6 heteroatoms. The van der Waals surface area contributed by atoms with Crippen LogP contribution < -0.4 is 0 Å². The number of aromatic nitrogens is 3. The third-order valence-corrected chi connectivity index (χ3v) is 1.27. The predicted molar refractivity (Wildman–Crippen MR) is 37.4 cm³/mol. The average molecular weight is 176 g/mol. The Kier molecular flexibility index (Phi) is 2.09. The Morgan fingerprint density at radius 3 is 2.73 bits per heavy atom. The number of hydrogen-bond donors (Lipinski definition) is 0. The number of aryl methyl sites for hydroxylation is 1. The number of carbonyl (C=O) groups excluding carboxylic acids is 1. The van der Waals surface area contributed by atoms with Gasteiger partial charge in [0.15, 0.2) is 0 Å². The van der Waals surface area contributed by atoms with E-state index in [1.165, 1.54) is 11.8 Å². The third-order valence-electron chi connectivity index (χ3n) is 1.11. The van der Waals surface area contributed by atoms with Crippen LogP contribution in [0.4, 0.5) is 0 Å². The van der Waals surface area contributed by atoms with Crippen molar-refractivity contribution in [3.8, 4) is 0 Å². The number of rotatable bonds is 1. The van der Waals surface area contributed by atoms with Crippen LogP contribution in [0.5, 0.6) is 0 Å². The van der Waals surface area contributed by atoms with Crippen molar-refractivity contribution in [2.24, 2.45) is 7.05 Å². The summed E-state index contributed by atoms with van der Waals surface area (Å²) < 4.78 is 5.67. The molecular weight excluding hydrogens is 170 g/mol. The summed E-state index contributed by atoms with van der Waals surface area (Å²) in [7, 11) is 2.83. The first-order chi connectivity index (χ1) is 5.15. The Bertz CT molecular complexity index is 283.